The second-order valence-electron chi connectivity index (χ2n) is 6.75. The molecule has 0 fully saturated rings. The summed E-state index contributed by atoms with van der Waals surface area (Å²) in [6, 6.07) is 7.27. The molecule has 1 aliphatic heterocycles. The monoisotopic (exact) mass is 388 g/mol. The second-order valence-corrected chi connectivity index (χ2v) is 8.27. The molecule has 134 valence electrons. The standard InChI is InChI=1S/C18H17ClN4O2S/c1-18(2)7-12-13(9-25-18)26-16-14(12)15(24)21-17(22-16)23-20-8-10-3-5-11(19)6-4-10/h3-6,8H,7,9H2,1-2H3,(H2,21,22,23,24)/b20-8-. The van der Waals surface area contributed by atoms with Gasteiger partial charge in [0.1, 0.15) is 4.83 Å². The SMILES string of the molecule is CC1(C)Cc2c(sc3nc(N/N=C\c4ccc(Cl)cc4)[nH]c(=O)c23)CO1. The number of benzene rings is 1. The molecule has 3 aromatic rings. The Balaban J connectivity index is 1.62. The van der Waals surface area contributed by atoms with Gasteiger partial charge in [-0.25, -0.2) is 10.4 Å². The average molecular weight is 389 g/mol. The van der Waals surface area contributed by atoms with E-state index in [9.17, 15) is 4.79 Å². The van der Waals surface area contributed by atoms with Gasteiger partial charge in [-0.3, -0.25) is 9.78 Å². The summed E-state index contributed by atoms with van der Waals surface area (Å²) in [5.41, 5.74) is 4.29. The van der Waals surface area contributed by atoms with Crippen LogP contribution in [0, 0.1) is 0 Å². The van der Waals surface area contributed by atoms with Crippen LogP contribution in [0.25, 0.3) is 10.2 Å². The van der Waals surface area contributed by atoms with Gasteiger partial charge >= 0.3 is 0 Å². The van der Waals surface area contributed by atoms with Gasteiger partial charge in [-0.2, -0.15) is 5.10 Å². The molecule has 0 aliphatic carbocycles. The van der Waals surface area contributed by atoms with Crippen LogP contribution in [-0.4, -0.2) is 21.8 Å². The maximum absolute atomic E-state index is 12.6. The van der Waals surface area contributed by atoms with Gasteiger partial charge in [-0.05, 0) is 37.1 Å². The quantitative estimate of drug-likeness (QED) is 0.526. The van der Waals surface area contributed by atoms with Crippen LogP contribution in [0.5, 0.6) is 0 Å². The number of hydrazone groups is 1. The Morgan fingerprint density at radius 3 is 2.92 bits per heavy atom. The maximum Gasteiger partial charge on any atom is 0.261 e. The van der Waals surface area contributed by atoms with Crippen LogP contribution < -0.4 is 11.0 Å². The van der Waals surface area contributed by atoms with Gasteiger partial charge in [0.2, 0.25) is 5.95 Å². The summed E-state index contributed by atoms with van der Waals surface area (Å²) in [5, 5.41) is 5.45. The van der Waals surface area contributed by atoms with Crippen LogP contribution in [0.3, 0.4) is 0 Å². The highest BCUT2D eigenvalue weighted by atomic mass is 35.5. The van der Waals surface area contributed by atoms with Crippen molar-refractivity contribution in [2.75, 3.05) is 5.43 Å². The molecule has 0 bridgehead atoms. The zero-order chi connectivity index (χ0) is 18.3. The van der Waals surface area contributed by atoms with Crippen LogP contribution in [0.4, 0.5) is 5.95 Å². The van der Waals surface area contributed by atoms with Crippen molar-refractivity contribution in [2.24, 2.45) is 5.10 Å². The van der Waals surface area contributed by atoms with Gasteiger partial charge in [0.25, 0.3) is 5.56 Å². The molecular weight excluding hydrogens is 372 g/mol. The molecule has 4 rings (SSSR count). The largest absolute Gasteiger partial charge is 0.370 e. The average Bonchev–Trinajstić information content (AvgIpc) is 2.93. The molecule has 2 N–H and O–H groups in total. The first-order chi connectivity index (χ1) is 12.4. The highest BCUT2D eigenvalue weighted by Crippen LogP contribution is 2.36. The number of aromatic amines is 1. The molecule has 1 aromatic carbocycles. The van der Waals surface area contributed by atoms with Crippen molar-refractivity contribution >= 4 is 45.3 Å². The molecule has 26 heavy (non-hydrogen) atoms. The minimum Gasteiger partial charge on any atom is -0.370 e. The predicted octanol–water partition coefficient (Wildman–Crippen LogP) is 3.94. The van der Waals surface area contributed by atoms with E-state index >= 15 is 0 Å². The lowest BCUT2D eigenvalue weighted by Gasteiger charge is -2.29. The van der Waals surface area contributed by atoms with Gasteiger partial charge in [-0.1, -0.05) is 23.7 Å². The number of rotatable bonds is 3. The Bertz CT molecular complexity index is 1050. The van der Waals surface area contributed by atoms with E-state index in [2.05, 4.69) is 20.5 Å². The number of hydrogen-bond acceptors (Lipinski definition) is 6. The van der Waals surface area contributed by atoms with Crippen LogP contribution in [0.1, 0.15) is 29.9 Å². The Morgan fingerprint density at radius 1 is 1.38 bits per heavy atom. The van der Waals surface area contributed by atoms with Gasteiger partial charge in [0, 0.05) is 16.3 Å². The van der Waals surface area contributed by atoms with Crippen molar-refractivity contribution in [2.45, 2.75) is 32.5 Å². The number of fused-ring (bicyclic) bond motifs is 3. The molecule has 1 aliphatic rings. The molecule has 3 heterocycles. The topological polar surface area (TPSA) is 79.4 Å². The van der Waals surface area contributed by atoms with Crippen molar-refractivity contribution in [3.05, 3.63) is 55.6 Å². The molecule has 0 amide bonds. The lowest BCUT2D eigenvalue weighted by Crippen LogP contribution is -2.31. The van der Waals surface area contributed by atoms with Crippen LogP contribution in [0.2, 0.25) is 5.02 Å². The number of anilines is 1. The minimum atomic E-state index is -0.271. The maximum atomic E-state index is 12.6. The van der Waals surface area contributed by atoms with Gasteiger partial charge < -0.3 is 4.74 Å². The summed E-state index contributed by atoms with van der Waals surface area (Å²) in [6.45, 7) is 4.57. The third-order valence-electron chi connectivity index (χ3n) is 4.20. The molecule has 0 atom stereocenters. The van der Waals surface area contributed by atoms with E-state index in [1.165, 1.54) is 11.3 Å². The summed E-state index contributed by atoms with van der Waals surface area (Å²) >= 11 is 7.36. The Kier molecular flexibility index (Phi) is 4.30. The number of thiophene rings is 1. The van der Waals surface area contributed by atoms with E-state index in [-0.39, 0.29) is 11.2 Å². The number of hydrogen-bond donors (Lipinski definition) is 2. The lowest BCUT2D eigenvalue weighted by molar-refractivity contribution is -0.0379. The molecule has 2 aromatic heterocycles. The number of nitrogens with zero attached hydrogens (tertiary/aromatic N) is 2. The minimum absolute atomic E-state index is 0.158. The summed E-state index contributed by atoms with van der Waals surface area (Å²) in [7, 11) is 0. The fourth-order valence-electron chi connectivity index (χ4n) is 2.92. The molecule has 0 saturated heterocycles. The summed E-state index contributed by atoms with van der Waals surface area (Å²) < 4.78 is 5.84. The lowest BCUT2D eigenvalue weighted by atomic mass is 9.94. The van der Waals surface area contributed by atoms with Crippen molar-refractivity contribution in [1.29, 1.82) is 0 Å². The van der Waals surface area contributed by atoms with Crippen LogP contribution in [0.15, 0.2) is 34.2 Å². The number of ether oxygens (including phenoxy) is 1. The van der Waals surface area contributed by atoms with Crippen LogP contribution >= 0.6 is 22.9 Å². The summed E-state index contributed by atoms with van der Waals surface area (Å²) in [5.74, 6) is 0.312. The molecular formula is C18H17ClN4O2S. The van der Waals surface area contributed by atoms with E-state index in [1.54, 1.807) is 18.3 Å². The summed E-state index contributed by atoms with van der Waals surface area (Å²) in [4.78, 5) is 21.6. The predicted molar refractivity (Wildman–Crippen MR) is 105 cm³/mol. The summed E-state index contributed by atoms with van der Waals surface area (Å²) in [6.07, 6.45) is 2.34. The van der Waals surface area contributed by atoms with Gasteiger partial charge in [0.15, 0.2) is 0 Å². The molecule has 0 radical (unpaired) electrons. The van der Waals surface area contributed by atoms with Gasteiger partial charge in [-0.15, -0.1) is 11.3 Å². The Hall–Kier alpha value is -2.22. The van der Waals surface area contributed by atoms with E-state index in [0.29, 0.717) is 34.2 Å². The first kappa shape index (κ1) is 17.2. The molecule has 0 spiro atoms. The van der Waals surface area contributed by atoms with E-state index in [4.69, 9.17) is 16.3 Å². The van der Waals surface area contributed by atoms with Crippen molar-refractivity contribution in [1.82, 2.24) is 9.97 Å². The molecule has 0 saturated carbocycles. The number of nitrogens with one attached hydrogen (secondary N) is 2. The molecule has 8 heteroatoms. The first-order valence-electron chi connectivity index (χ1n) is 8.14. The highest BCUT2D eigenvalue weighted by Gasteiger charge is 2.30. The van der Waals surface area contributed by atoms with E-state index in [1.807, 2.05) is 26.0 Å². The fraction of sp³-hybridized carbons (Fsp3) is 0.278. The van der Waals surface area contributed by atoms with Crippen molar-refractivity contribution in [3.8, 4) is 0 Å². The normalized spacial score (nSPS) is 16.1. The fourth-order valence-corrected chi connectivity index (χ4v) is 4.15. The third kappa shape index (κ3) is 3.38. The highest BCUT2D eigenvalue weighted by molar-refractivity contribution is 7.18. The van der Waals surface area contributed by atoms with E-state index in [0.717, 1.165) is 16.0 Å². The number of H-pyrrole nitrogens is 1. The third-order valence-corrected chi connectivity index (χ3v) is 5.55. The zero-order valence-electron chi connectivity index (χ0n) is 14.3. The van der Waals surface area contributed by atoms with Gasteiger partial charge in [0.05, 0.1) is 23.8 Å². The number of aromatic nitrogens is 2. The zero-order valence-corrected chi connectivity index (χ0v) is 15.9. The van der Waals surface area contributed by atoms with Crippen molar-refractivity contribution < 1.29 is 4.74 Å². The Labute approximate surface area is 158 Å². The Morgan fingerprint density at radius 2 is 2.15 bits per heavy atom. The number of halogens is 1. The molecule has 6 nitrogen and oxygen atoms in total. The second kappa shape index (κ2) is 6.50. The molecule has 0 unspecified atom stereocenters. The smallest absolute Gasteiger partial charge is 0.261 e. The first-order valence-corrected chi connectivity index (χ1v) is 9.34. The van der Waals surface area contributed by atoms with Crippen molar-refractivity contribution in [3.63, 3.8) is 0 Å². The van der Waals surface area contributed by atoms with Crippen LogP contribution in [-0.2, 0) is 17.8 Å². The van der Waals surface area contributed by atoms with E-state index < -0.39 is 0 Å².